The molecule has 3 heteroatoms. The van der Waals surface area contributed by atoms with Gasteiger partial charge in [0, 0.05) is 6.42 Å². The average molecular weight is 183 g/mol. The minimum atomic E-state index is 0.0551. The van der Waals surface area contributed by atoms with Crippen LogP contribution in [0.25, 0.3) is 0 Å². The van der Waals surface area contributed by atoms with E-state index in [0.717, 1.165) is 18.6 Å². The zero-order valence-electron chi connectivity index (χ0n) is 6.97. The van der Waals surface area contributed by atoms with Gasteiger partial charge in [-0.15, -0.1) is 6.42 Å². The largest absolute Gasteiger partial charge is 0.345 e. The van der Waals surface area contributed by atoms with Crippen molar-refractivity contribution in [2.75, 3.05) is 12.3 Å². The van der Waals surface area contributed by atoms with Gasteiger partial charge in [0.1, 0.15) is 0 Å². The monoisotopic (exact) mass is 183 g/mol. The van der Waals surface area contributed by atoms with Gasteiger partial charge in [-0.25, -0.2) is 0 Å². The molecular formula is C9H13NOS. The minimum absolute atomic E-state index is 0.0551. The molecule has 2 nitrogen and oxygen atoms in total. The van der Waals surface area contributed by atoms with Gasteiger partial charge in [-0.2, -0.15) is 12.6 Å². The lowest BCUT2D eigenvalue weighted by molar-refractivity contribution is -0.121. The van der Waals surface area contributed by atoms with Crippen molar-refractivity contribution in [1.82, 2.24) is 5.32 Å². The average Bonchev–Trinajstić information content (AvgIpc) is 2.82. The molecule has 0 aliphatic heterocycles. The van der Waals surface area contributed by atoms with Crippen molar-refractivity contribution in [3.05, 3.63) is 0 Å². The van der Waals surface area contributed by atoms with Gasteiger partial charge in [-0.1, -0.05) is 5.92 Å². The molecule has 0 heterocycles. The maximum atomic E-state index is 11.2. The van der Waals surface area contributed by atoms with Crippen molar-refractivity contribution in [3.8, 4) is 12.3 Å². The highest BCUT2D eigenvalue weighted by molar-refractivity contribution is 7.80. The number of hydrogen-bond acceptors (Lipinski definition) is 2. The molecule has 1 aliphatic rings. The van der Waals surface area contributed by atoms with E-state index in [4.69, 9.17) is 6.42 Å². The van der Waals surface area contributed by atoms with E-state index in [1.807, 2.05) is 0 Å². The van der Waals surface area contributed by atoms with Crippen LogP contribution in [-0.2, 0) is 4.79 Å². The lowest BCUT2D eigenvalue weighted by atomic mass is 10.1. The maximum absolute atomic E-state index is 11.2. The number of amides is 1. The third-order valence-electron chi connectivity index (χ3n) is 2.22. The Morgan fingerprint density at radius 1 is 1.67 bits per heavy atom. The standard InChI is InChI=1S/C9H13NOS/c1-2-5-10-8(11)6-9(7-12)3-4-9/h1,12H,3-7H2,(H,10,11). The maximum Gasteiger partial charge on any atom is 0.221 e. The van der Waals surface area contributed by atoms with Crippen LogP contribution in [0.1, 0.15) is 19.3 Å². The van der Waals surface area contributed by atoms with Gasteiger partial charge in [0.05, 0.1) is 6.54 Å². The van der Waals surface area contributed by atoms with Crippen LogP contribution in [0, 0.1) is 17.8 Å². The summed E-state index contributed by atoms with van der Waals surface area (Å²) < 4.78 is 0. The molecule has 66 valence electrons. The predicted octanol–water partition coefficient (Wildman–Crippen LogP) is 0.836. The fourth-order valence-corrected chi connectivity index (χ4v) is 1.55. The first-order chi connectivity index (χ1) is 5.72. The summed E-state index contributed by atoms with van der Waals surface area (Å²) in [6.45, 7) is 0.335. The van der Waals surface area contributed by atoms with Gasteiger partial charge in [0.15, 0.2) is 0 Å². The molecular weight excluding hydrogens is 170 g/mol. The fraction of sp³-hybridized carbons (Fsp3) is 0.667. The molecule has 0 aromatic heterocycles. The molecule has 0 spiro atoms. The Labute approximate surface area is 78.5 Å². The molecule has 1 fully saturated rings. The van der Waals surface area contributed by atoms with E-state index >= 15 is 0 Å². The first kappa shape index (κ1) is 9.47. The number of carbonyl (C=O) groups is 1. The minimum Gasteiger partial charge on any atom is -0.345 e. The van der Waals surface area contributed by atoms with Crippen LogP contribution < -0.4 is 5.32 Å². The highest BCUT2D eigenvalue weighted by Gasteiger charge is 2.42. The molecule has 1 rings (SSSR count). The summed E-state index contributed by atoms with van der Waals surface area (Å²) >= 11 is 4.21. The quantitative estimate of drug-likeness (QED) is 0.491. The number of hydrogen-bond donors (Lipinski definition) is 2. The molecule has 1 N–H and O–H groups in total. The molecule has 1 saturated carbocycles. The van der Waals surface area contributed by atoms with Crippen molar-refractivity contribution in [3.63, 3.8) is 0 Å². The molecule has 0 saturated heterocycles. The first-order valence-electron chi connectivity index (χ1n) is 4.03. The van der Waals surface area contributed by atoms with E-state index in [2.05, 4.69) is 23.9 Å². The van der Waals surface area contributed by atoms with Crippen LogP contribution in [0.2, 0.25) is 0 Å². The third-order valence-corrected chi connectivity index (χ3v) is 2.89. The number of carbonyl (C=O) groups excluding carboxylic acids is 1. The summed E-state index contributed by atoms with van der Waals surface area (Å²) in [6.07, 6.45) is 7.84. The van der Waals surface area contributed by atoms with Crippen LogP contribution in [0.4, 0.5) is 0 Å². The Kier molecular flexibility index (Phi) is 3.05. The summed E-state index contributed by atoms with van der Waals surface area (Å²) in [6, 6.07) is 0. The first-order valence-corrected chi connectivity index (χ1v) is 4.67. The Morgan fingerprint density at radius 2 is 2.33 bits per heavy atom. The van der Waals surface area contributed by atoms with E-state index in [1.54, 1.807) is 0 Å². The second-order valence-electron chi connectivity index (χ2n) is 3.32. The topological polar surface area (TPSA) is 29.1 Å². The molecule has 0 aromatic rings. The van der Waals surface area contributed by atoms with Crippen molar-refractivity contribution in [2.45, 2.75) is 19.3 Å². The Hall–Kier alpha value is -0.620. The molecule has 12 heavy (non-hydrogen) atoms. The highest BCUT2D eigenvalue weighted by atomic mass is 32.1. The van der Waals surface area contributed by atoms with Gasteiger partial charge in [0.25, 0.3) is 0 Å². The van der Waals surface area contributed by atoms with Crippen molar-refractivity contribution >= 4 is 18.5 Å². The smallest absolute Gasteiger partial charge is 0.221 e. The highest BCUT2D eigenvalue weighted by Crippen LogP contribution is 2.49. The molecule has 0 unspecified atom stereocenters. The van der Waals surface area contributed by atoms with Crippen molar-refractivity contribution in [1.29, 1.82) is 0 Å². The normalized spacial score (nSPS) is 18.0. The lowest BCUT2D eigenvalue weighted by Crippen LogP contribution is -2.26. The summed E-state index contributed by atoms with van der Waals surface area (Å²) in [5.74, 6) is 3.23. The Bertz CT molecular complexity index is 215. The second-order valence-corrected chi connectivity index (χ2v) is 3.63. The van der Waals surface area contributed by atoms with Crippen LogP contribution in [0.15, 0.2) is 0 Å². The number of thiol groups is 1. The predicted molar refractivity (Wildman–Crippen MR) is 52.0 cm³/mol. The zero-order valence-corrected chi connectivity index (χ0v) is 7.86. The number of terminal acetylenes is 1. The number of rotatable bonds is 4. The lowest BCUT2D eigenvalue weighted by Gasteiger charge is -2.09. The summed E-state index contributed by atoms with van der Waals surface area (Å²) in [7, 11) is 0. The fourth-order valence-electron chi connectivity index (χ4n) is 1.12. The van der Waals surface area contributed by atoms with E-state index in [0.29, 0.717) is 13.0 Å². The molecule has 0 aromatic carbocycles. The van der Waals surface area contributed by atoms with Crippen molar-refractivity contribution in [2.24, 2.45) is 5.41 Å². The summed E-state index contributed by atoms with van der Waals surface area (Å²) in [4.78, 5) is 11.2. The van der Waals surface area contributed by atoms with Crippen LogP contribution in [0.5, 0.6) is 0 Å². The van der Waals surface area contributed by atoms with Gasteiger partial charge in [0.2, 0.25) is 5.91 Å². The SMILES string of the molecule is C#CCNC(=O)CC1(CS)CC1. The van der Waals surface area contributed by atoms with Crippen molar-refractivity contribution < 1.29 is 4.79 Å². The second kappa shape index (κ2) is 3.86. The van der Waals surface area contributed by atoms with E-state index < -0.39 is 0 Å². The number of nitrogens with one attached hydrogen (secondary N) is 1. The van der Waals surface area contributed by atoms with E-state index in [9.17, 15) is 4.79 Å². The van der Waals surface area contributed by atoms with Gasteiger partial charge < -0.3 is 5.32 Å². The van der Waals surface area contributed by atoms with Crippen LogP contribution >= 0.6 is 12.6 Å². The summed E-state index contributed by atoms with van der Waals surface area (Å²) in [5, 5.41) is 2.65. The molecule has 0 bridgehead atoms. The van der Waals surface area contributed by atoms with E-state index in [-0.39, 0.29) is 11.3 Å². The third kappa shape index (κ3) is 2.46. The molecule has 1 aliphatic carbocycles. The molecule has 1 amide bonds. The zero-order chi connectivity index (χ0) is 9.03. The summed E-state index contributed by atoms with van der Waals surface area (Å²) in [5.41, 5.74) is 0.196. The Morgan fingerprint density at radius 3 is 2.75 bits per heavy atom. The van der Waals surface area contributed by atoms with Gasteiger partial charge >= 0.3 is 0 Å². The van der Waals surface area contributed by atoms with Gasteiger partial charge in [-0.3, -0.25) is 4.79 Å². The van der Waals surface area contributed by atoms with Crippen LogP contribution in [0.3, 0.4) is 0 Å². The Balaban J connectivity index is 2.23. The van der Waals surface area contributed by atoms with E-state index in [1.165, 1.54) is 0 Å². The molecule has 0 radical (unpaired) electrons. The van der Waals surface area contributed by atoms with Gasteiger partial charge in [-0.05, 0) is 24.0 Å². The van der Waals surface area contributed by atoms with Crippen LogP contribution in [-0.4, -0.2) is 18.2 Å². The molecule has 0 atom stereocenters.